The van der Waals surface area contributed by atoms with Gasteiger partial charge < -0.3 is 43.4 Å². The highest BCUT2D eigenvalue weighted by molar-refractivity contribution is 5.94. The summed E-state index contributed by atoms with van der Waals surface area (Å²) < 4.78 is 0. The standard InChI is InChI=1S/C17H31N7O7/c1-8(2)13(16(30)31)24-15(29)10(6-12(26)27)23-11(25)7-22-14(28)9(18)4-3-5-21-17(19)20/h8-10,13H,3-7,18H2,1-2H3,(H,22,28)(H,23,25)(H,24,29)(H,26,27)(H,30,31)(H4,19,20,21)/t9-,10-,13+/m1/s1. The van der Waals surface area contributed by atoms with E-state index in [0.717, 1.165) is 0 Å². The minimum atomic E-state index is -1.53. The molecule has 0 radical (unpaired) electrons. The lowest BCUT2D eigenvalue weighted by Gasteiger charge is -2.22. The molecule has 0 spiro atoms. The Morgan fingerprint density at radius 2 is 1.61 bits per heavy atom. The molecule has 0 bridgehead atoms. The quantitative estimate of drug-likeness (QED) is 0.0749. The molecule has 0 saturated heterocycles. The highest BCUT2D eigenvalue weighted by atomic mass is 16.4. The number of rotatable bonds is 14. The normalized spacial score (nSPS) is 13.4. The first kappa shape index (κ1) is 27.6. The van der Waals surface area contributed by atoms with Crippen molar-refractivity contribution in [3.63, 3.8) is 0 Å². The third-order valence-corrected chi connectivity index (χ3v) is 3.99. The van der Waals surface area contributed by atoms with E-state index < -0.39 is 66.7 Å². The van der Waals surface area contributed by atoms with Gasteiger partial charge in [-0.15, -0.1) is 0 Å². The molecule has 0 rings (SSSR count). The Balaban J connectivity index is 4.75. The SMILES string of the molecule is CC(C)[C@H](NC(=O)[C@@H](CC(=O)O)NC(=O)CNC(=O)[C@H](N)CCCN=C(N)N)C(=O)O. The zero-order chi connectivity index (χ0) is 24.1. The van der Waals surface area contributed by atoms with Crippen LogP contribution in [0.25, 0.3) is 0 Å². The number of carboxylic acids is 2. The van der Waals surface area contributed by atoms with E-state index in [2.05, 4.69) is 20.9 Å². The fraction of sp³-hybridized carbons (Fsp3) is 0.647. The number of nitrogens with two attached hydrogens (primary N) is 3. The lowest BCUT2D eigenvalue weighted by molar-refractivity contribution is -0.144. The lowest BCUT2D eigenvalue weighted by atomic mass is 10.0. The molecule has 0 aliphatic heterocycles. The van der Waals surface area contributed by atoms with Gasteiger partial charge in [0.05, 0.1) is 19.0 Å². The number of amides is 3. The van der Waals surface area contributed by atoms with Crippen molar-refractivity contribution in [3.8, 4) is 0 Å². The summed E-state index contributed by atoms with van der Waals surface area (Å²) >= 11 is 0. The Morgan fingerprint density at radius 1 is 1.00 bits per heavy atom. The molecule has 31 heavy (non-hydrogen) atoms. The Bertz CT molecular complexity index is 692. The van der Waals surface area contributed by atoms with Crippen LogP contribution in [-0.2, 0) is 24.0 Å². The van der Waals surface area contributed by atoms with Gasteiger partial charge in [0.25, 0.3) is 0 Å². The minimum absolute atomic E-state index is 0.0854. The van der Waals surface area contributed by atoms with Crippen molar-refractivity contribution in [1.29, 1.82) is 0 Å². The molecule has 0 fully saturated rings. The van der Waals surface area contributed by atoms with Crippen LogP contribution in [0.3, 0.4) is 0 Å². The monoisotopic (exact) mass is 445 g/mol. The van der Waals surface area contributed by atoms with E-state index >= 15 is 0 Å². The fourth-order valence-electron chi connectivity index (χ4n) is 2.35. The third-order valence-electron chi connectivity index (χ3n) is 3.99. The van der Waals surface area contributed by atoms with Gasteiger partial charge in [-0.25, -0.2) is 4.79 Å². The van der Waals surface area contributed by atoms with Crippen LogP contribution < -0.4 is 33.2 Å². The van der Waals surface area contributed by atoms with E-state index in [0.29, 0.717) is 6.42 Å². The molecule has 3 amide bonds. The molecule has 11 N–H and O–H groups in total. The van der Waals surface area contributed by atoms with Crippen molar-refractivity contribution in [1.82, 2.24) is 16.0 Å². The number of nitrogens with zero attached hydrogens (tertiary/aromatic N) is 1. The highest BCUT2D eigenvalue weighted by Gasteiger charge is 2.30. The second-order valence-corrected chi connectivity index (χ2v) is 7.06. The van der Waals surface area contributed by atoms with E-state index in [1.165, 1.54) is 0 Å². The number of carbonyl (C=O) groups is 5. The molecular formula is C17H31N7O7. The van der Waals surface area contributed by atoms with Crippen molar-refractivity contribution >= 4 is 35.6 Å². The number of aliphatic carboxylic acids is 2. The van der Waals surface area contributed by atoms with E-state index in [1.807, 2.05) is 0 Å². The van der Waals surface area contributed by atoms with Gasteiger partial charge in [0, 0.05) is 6.54 Å². The third kappa shape index (κ3) is 12.0. The van der Waals surface area contributed by atoms with Crippen molar-refractivity contribution < 1.29 is 34.2 Å². The maximum absolute atomic E-state index is 12.3. The van der Waals surface area contributed by atoms with Crippen molar-refractivity contribution in [3.05, 3.63) is 0 Å². The fourth-order valence-corrected chi connectivity index (χ4v) is 2.35. The molecule has 0 heterocycles. The van der Waals surface area contributed by atoms with E-state index in [4.69, 9.17) is 27.4 Å². The predicted molar refractivity (Wildman–Crippen MR) is 109 cm³/mol. The number of hydrogen-bond donors (Lipinski definition) is 8. The molecule has 0 aliphatic carbocycles. The lowest BCUT2D eigenvalue weighted by Crippen LogP contribution is -2.55. The van der Waals surface area contributed by atoms with Crippen molar-refractivity contribution in [2.75, 3.05) is 13.1 Å². The van der Waals surface area contributed by atoms with Gasteiger partial charge >= 0.3 is 11.9 Å². The molecule has 0 aromatic heterocycles. The summed E-state index contributed by atoms with van der Waals surface area (Å²) in [6.07, 6.45) is -0.0968. The highest BCUT2D eigenvalue weighted by Crippen LogP contribution is 2.03. The number of carboxylic acid groups (broad SMARTS) is 2. The Labute approximate surface area is 179 Å². The van der Waals surface area contributed by atoms with Gasteiger partial charge in [0.1, 0.15) is 12.1 Å². The summed E-state index contributed by atoms with van der Waals surface area (Å²) in [4.78, 5) is 62.2. The van der Waals surface area contributed by atoms with E-state index in [9.17, 15) is 24.0 Å². The maximum atomic E-state index is 12.3. The Kier molecular flexibility index (Phi) is 12.2. The second kappa shape index (κ2) is 13.7. The first-order valence-electron chi connectivity index (χ1n) is 9.48. The van der Waals surface area contributed by atoms with Gasteiger partial charge in [-0.05, 0) is 18.8 Å². The summed E-state index contributed by atoms with van der Waals surface area (Å²) in [5, 5.41) is 24.7. The Hall–Kier alpha value is -3.42. The molecule has 0 aliphatic rings. The summed E-state index contributed by atoms with van der Waals surface area (Å²) in [6.45, 7) is 2.83. The number of nitrogens with one attached hydrogen (secondary N) is 3. The largest absolute Gasteiger partial charge is 0.481 e. The molecule has 0 saturated carbocycles. The molecule has 0 aromatic carbocycles. The van der Waals surface area contributed by atoms with Crippen LogP contribution in [0.15, 0.2) is 4.99 Å². The first-order chi connectivity index (χ1) is 14.3. The zero-order valence-corrected chi connectivity index (χ0v) is 17.5. The Morgan fingerprint density at radius 3 is 2.10 bits per heavy atom. The number of aliphatic imine (C=N–C) groups is 1. The maximum Gasteiger partial charge on any atom is 0.326 e. The van der Waals surface area contributed by atoms with Crippen LogP contribution >= 0.6 is 0 Å². The van der Waals surface area contributed by atoms with Crippen LogP contribution in [0.1, 0.15) is 33.1 Å². The van der Waals surface area contributed by atoms with Gasteiger partial charge in [-0.1, -0.05) is 13.8 Å². The number of carbonyl (C=O) groups excluding carboxylic acids is 3. The zero-order valence-electron chi connectivity index (χ0n) is 17.5. The summed E-state index contributed by atoms with van der Waals surface area (Å²) in [6, 6.07) is -3.73. The van der Waals surface area contributed by atoms with Crippen LogP contribution in [0.2, 0.25) is 0 Å². The van der Waals surface area contributed by atoms with Crippen molar-refractivity contribution in [2.24, 2.45) is 28.1 Å². The van der Waals surface area contributed by atoms with Crippen LogP contribution in [0, 0.1) is 5.92 Å². The summed E-state index contributed by atoms with van der Waals surface area (Å²) in [7, 11) is 0. The van der Waals surface area contributed by atoms with Gasteiger partial charge in [-0.2, -0.15) is 0 Å². The number of hydrogen-bond acceptors (Lipinski definition) is 7. The second-order valence-electron chi connectivity index (χ2n) is 7.06. The van der Waals surface area contributed by atoms with Gasteiger partial charge in [0.15, 0.2) is 5.96 Å². The molecule has 0 unspecified atom stereocenters. The van der Waals surface area contributed by atoms with E-state index in [1.54, 1.807) is 13.8 Å². The van der Waals surface area contributed by atoms with Gasteiger partial charge in [-0.3, -0.25) is 24.2 Å². The van der Waals surface area contributed by atoms with Gasteiger partial charge in [0.2, 0.25) is 17.7 Å². The summed E-state index contributed by atoms with van der Waals surface area (Å²) in [5.41, 5.74) is 16.0. The first-order valence-corrected chi connectivity index (χ1v) is 9.48. The average molecular weight is 445 g/mol. The minimum Gasteiger partial charge on any atom is -0.481 e. The summed E-state index contributed by atoms with van der Waals surface area (Å²) in [5.74, 6) is -5.70. The topological polar surface area (TPSA) is 252 Å². The molecule has 0 aromatic rings. The predicted octanol–water partition coefficient (Wildman–Crippen LogP) is -3.33. The molecule has 176 valence electrons. The molecule has 14 nitrogen and oxygen atoms in total. The van der Waals surface area contributed by atoms with Crippen molar-refractivity contribution in [2.45, 2.75) is 51.2 Å². The van der Waals surface area contributed by atoms with Crippen LogP contribution in [0.5, 0.6) is 0 Å². The van der Waals surface area contributed by atoms with E-state index in [-0.39, 0.29) is 18.9 Å². The number of guanidine groups is 1. The smallest absolute Gasteiger partial charge is 0.326 e. The van der Waals surface area contributed by atoms with Crippen LogP contribution in [-0.4, -0.2) is 77.0 Å². The molecule has 14 heteroatoms. The van der Waals surface area contributed by atoms with Crippen LogP contribution in [0.4, 0.5) is 0 Å². The molecule has 3 atom stereocenters. The average Bonchev–Trinajstić information content (AvgIpc) is 2.65. The molecular weight excluding hydrogens is 414 g/mol.